The largest absolute Gasteiger partial charge is 0.480 e. The van der Waals surface area contributed by atoms with Crippen molar-refractivity contribution in [2.24, 2.45) is 22.7 Å². The van der Waals surface area contributed by atoms with Crippen LogP contribution in [0.3, 0.4) is 0 Å². The fourth-order valence-electron chi connectivity index (χ4n) is 6.05. The van der Waals surface area contributed by atoms with E-state index in [9.17, 15) is 27.9 Å². The normalized spacial score (nSPS) is 33.4. The van der Waals surface area contributed by atoms with Crippen LogP contribution in [0.5, 0.6) is 0 Å². The Labute approximate surface area is 195 Å². The van der Waals surface area contributed by atoms with Gasteiger partial charge in [-0.15, -0.1) is 0 Å². The van der Waals surface area contributed by atoms with E-state index >= 15 is 0 Å². The summed E-state index contributed by atoms with van der Waals surface area (Å²) in [5, 5.41) is 11.5. The van der Waals surface area contributed by atoms with Crippen molar-refractivity contribution in [1.82, 2.24) is 5.32 Å². The lowest BCUT2D eigenvalue weighted by Crippen LogP contribution is -2.50. The number of carboxylic acids is 1. The zero-order valence-electron chi connectivity index (χ0n) is 19.6. The zero-order valence-corrected chi connectivity index (χ0v) is 20.4. The van der Waals surface area contributed by atoms with Crippen LogP contribution in [0.4, 0.5) is 0 Å². The summed E-state index contributed by atoms with van der Waals surface area (Å²) in [6.07, 6.45) is 9.20. The highest BCUT2D eigenvalue weighted by Gasteiger charge is 2.53. The van der Waals surface area contributed by atoms with Crippen molar-refractivity contribution in [3.05, 3.63) is 35.1 Å². The smallest absolute Gasteiger partial charge is 0.327 e. The molecule has 3 rings (SSSR count). The van der Waals surface area contributed by atoms with Crippen molar-refractivity contribution in [1.29, 1.82) is 0 Å². The van der Waals surface area contributed by atoms with E-state index in [1.54, 1.807) is 0 Å². The number of allylic oxidation sites excluding steroid dienone is 5. The molecule has 3 aliphatic carbocycles. The SMILES string of the molecule is CC1=CCC[C@H]2[C@](C)(CC3=CC(=O)C(N[C@@H](CS(=O)(=O)O)C(=O)O)=CC3=O)[C@@H](C)CC[C@]12C. The van der Waals surface area contributed by atoms with Crippen molar-refractivity contribution in [3.63, 3.8) is 0 Å². The van der Waals surface area contributed by atoms with Crippen LogP contribution in [0.25, 0.3) is 0 Å². The van der Waals surface area contributed by atoms with Crippen LogP contribution in [0.15, 0.2) is 35.1 Å². The molecule has 0 radical (unpaired) electrons. The maximum Gasteiger partial charge on any atom is 0.327 e. The van der Waals surface area contributed by atoms with Gasteiger partial charge in [0.1, 0.15) is 11.8 Å². The van der Waals surface area contributed by atoms with Crippen LogP contribution < -0.4 is 5.32 Å². The molecule has 5 atom stereocenters. The fourth-order valence-corrected chi connectivity index (χ4v) is 6.69. The summed E-state index contributed by atoms with van der Waals surface area (Å²) < 4.78 is 31.2. The molecular formula is C24H33NO7S. The van der Waals surface area contributed by atoms with E-state index in [1.807, 2.05) is 0 Å². The topological polar surface area (TPSA) is 138 Å². The molecule has 0 heterocycles. The van der Waals surface area contributed by atoms with Crippen LogP contribution in [0, 0.1) is 22.7 Å². The number of rotatable bonds is 7. The zero-order chi connectivity index (χ0) is 24.8. The highest BCUT2D eigenvalue weighted by Crippen LogP contribution is 2.62. The van der Waals surface area contributed by atoms with Crippen LogP contribution in [0.2, 0.25) is 0 Å². The third-order valence-corrected chi connectivity index (χ3v) is 9.09. The first-order valence-corrected chi connectivity index (χ1v) is 12.9. The third kappa shape index (κ3) is 4.99. The molecule has 0 amide bonds. The lowest BCUT2D eigenvalue weighted by atomic mass is 9.46. The predicted molar refractivity (Wildman–Crippen MR) is 123 cm³/mol. The second-order valence-electron chi connectivity index (χ2n) is 10.3. The van der Waals surface area contributed by atoms with Crippen LogP contribution in [-0.4, -0.2) is 47.4 Å². The Hall–Kier alpha value is -2.26. The monoisotopic (exact) mass is 479 g/mol. The third-order valence-electron chi connectivity index (χ3n) is 8.33. The minimum absolute atomic E-state index is 0.0643. The molecule has 1 fully saturated rings. The van der Waals surface area contributed by atoms with E-state index in [0.29, 0.717) is 23.8 Å². The van der Waals surface area contributed by atoms with Gasteiger partial charge in [-0.25, -0.2) is 4.79 Å². The lowest BCUT2D eigenvalue weighted by molar-refractivity contribution is -0.138. The van der Waals surface area contributed by atoms with E-state index in [2.05, 4.69) is 39.1 Å². The quantitative estimate of drug-likeness (QED) is 0.288. The molecule has 0 aromatic rings. The summed E-state index contributed by atoms with van der Waals surface area (Å²) in [6.45, 7) is 8.90. The van der Waals surface area contributed by atoms with Gasteiger partial charge in [0.05, 0.1) is 5.70 Å². The molecule has 1 saturated carbocycles. The first-order chi connectivity index (χ1) is 15.2. The van der Waals surface area contributed by atoms with Crippen molar-refractivity contribution < 1.29 is 32.5 Å². The predicted octanol–water partition coefficient (Wildman–Crippen LogP) is 3.07. The number of ketones is 2. The summed E-state index contributed by atoms with van der Waals surface area (Å²) in [4.78, 5) is 37.0. The van der Waals surface area contributed by atoms with Gasteiger partial charge in [-0.3, -0.25) is 14.1 Å². The highest BCUT2D eigenvalue weighted by atomic mass is 32.2. The molecule has 0 aromatic carbocycles. The summed E-state index contributed by atoms with van der Waals surface area (Å²) in [6, 6.07) is -1.76. The molecule has 3 N–H and O–H groups in total. The maximum atomic E-state index is 13.0. The lowest BCUT2D eigenvalue weighted by Gasteiger charge is -2.58. The summed E-state index contributed by atoms with van der Waals surface area (Å²) in [7, 11) is -4.60. The Balaban J connectivity index is 1.83. The first-order valence-electron chi connectivity index (χ1n) is 11.3. The van der Waals surface area contributed by atoms with Gasteiger partial charge in [-0.05, 0) is 67.8 Å². The second kappa shape index (κ2) is 8.83. The van der Waals surface area contributed by atoms with Crippen molar-refractivity contribution in [2.75, 3.05) is 5.75 Å². The van der Waals surface area contributed by atoms with Gasteiger partial charge in [-0.2, -0.15) is 8.42 Å². The Bertz CT molecular complexity index is 1070. The number of carboxylic acid groups (broad SMARTS) is 1. The molecule has 9 heteroatoms. The molecule has 182 valence electrons. The summed E-state index contributed by atoms with van der Waals surface area (Å²) >= 11 is 0. The van der Waals surface area contributed by atoms with Crippen LogP contribution >= 0.6 is 0 Å². The van der Waals surface area contributed by atoms with Gasteiger partial charge in [0.15, 0.2) is 5.78 Å². The number of aliphatic carboxylic acids is 1. The number of carbonyl (C=O) groups excluding carboxylic acids is 2. The Morgan fingerprint density at radius 3 is 2.48 bits per heavy atom. The molecule has 33 heavy (non-hydrogen) atoms. The van der Waals surface area contributed by atoms with E-state index in [1.165, 1.54) is 11.6 Å². The highest BCUT2D eigenvalue weighted by molar-refractivity contribution is 7.85. The number of carbonyl (C=O) groups is 3. The number of fused-ring (bicyclic) bond motifs is 1. The van der Waals surface area contributed by atoms with Crippen molar-refractivity contribution >= 4 is 27.7 Å². The van der Waals surface area contributed by atoms with Gasteiger partial charge >= 0.3 is 5.97 Å². The summed E-state index contributed by atoms with van der Waals surface area (Å²) in [5.41, 5.74) is 1.37. The molecule has 0 unspecified atom stereocenters. The number of hydrogen-bond donors (Lipinski definition) is 3. The first kappa shape index (κ1) is 25.4. The van der Waals surface area contributed by atoms with Crippen LogP contribution in [-0.2, 0) is 24.5 Å². The van der Waals surface area contributed by atoms with Gasteiger partial charge < -0.3 is 10.4 Å². The average molecular weight is 480 g/mol. The molecule has 0 saturated heterocycles. The van der Waals surface area contributed by atoms with Gasteiger partial charge in [-0.1, -0.05) is 32.4 Å². The van der Waals surface area contributed by atoms with Gasteiger partial charge in [0, 0.05) is 11.6 Å². The van der Waals surface area contributed by atoms with E-state index < -0.39 is 39.4 Å². The minimum Gasteiger partial charge on any atom is -0.480 e. The molecule has 8 nitrogen and oxygen atoms in total. The van der Waals surface area contributed by atoms with Gasteiger partial charge in [0.2, 0.25) is 5.78 Å². The minimum atomic E-state index is -4.60. The van der Waals surface area contributed by atoms with E-state index in [4.69, 9.17) is 4.55 Å². The molecule has 0 aliphatic heterocycles. The molecule has 0 bridgehead atoms. The van der Waals surface area contributed by atoms with Crippen LogP contribution in [0.1, 0.15) is 59.8 Å². The number of hydrogen-bond acceptors (Lipinski definition) is 6. The Kier molecular flexibility index (Phi) is 6.79. The Morgan fingerprint density at radius 2 is 1.88 bits per heavy atom. The van der Waals surface area contributed by atoms with E-state index in [0.717, 1.165) is 31.8 Å². The standard InChI is InChI=1S/C24H33NO7S/c1-14-6-5-7-21-23(14,3)9-8-15(2)24(21,4)12-16-10-20(27)17(11-19(16)26)25-18(22(28)29)13-33(30,31)32/h6,10-11,15,18,21,25H,5,7-9,12-13H2,1-4H3,(H,28,29)(H,30,31,32)/t15-,18-,21+,23+,24+/m0/s1. The average Bonchev–Trinajstić information content (AvgIpc) is 2.69. The van der Waals surface area contributed by atoms with Gasteiger partial charge in [0.25, 0.3) is 10.1 Å². The van der Waals surface area contributed by atoms with Crippen molar-refractivity contribution in [3.8, 4) is 0 Å². The second-order valence-corrected chi connectivity index (χ2v) is 11.8. The Morgan fingerprint density at radius 1 is 1.21 bits per heavy atom. The number of nitrogens with one attached hydrogen (secondary N) is 1. The van der Waals surface area contributed by atoms with Crippen molar-refractivity contribution in [2.45, 2.75) is 65.8 Å². The molecule has 3 aliphatic rings. The van der Waals surface area contributed by atoms with E-state index in [-0.39, 0.29) is 16.5 Å². The maximum absolute atomic E-state index is 13.0. The molecular weight excluding hydrogens is 446 g/mol. The fraction of sp³-hybridized carbons (Fsp3) is 0.625. The molecule has 0 aromatic heterocycles. The molecule has 0 spiro atoms. The summed E-state index contributed by atoms with van der Waals surface area (Å²) in [5.74, 6) is -2.93.